The molecule has 13 aromatic rings. The fraction of sp³-hybridized carbons (Fsp3) is 0.0370. The molecule has 5 aliphatic rings. The van der Waals surface area contributed by atoms with Crippen molar-refractivity contribution in [2.45, 2.75) is 26.0 Å². The molecule has 18 rings (SSSR count). The Kier molecular flexibility index (Phi) is 10.1. The molecule has 0 N–H and O–H groups in total. The molecular formula is C81H51NOS. The van der Waals surface area contributed by atoms with Crippen LogP contribution in [0, 0.1) is 0 Å². The Morgan fingerprint density at radius 2 is 0.607 bits per heavy atom. The Labute approximate surface area is 493 Å². The highest BCUT2D eigenvalue weighted by Gasteiger charge is 2.53. The van der Waals surface area contributed by atoms with E-state index in [0.717, 1.165) is 50.8 Å². The van der Waals surface area contributed by atoms with Gasteiger partial charge in [-0.15, -0.1) is 0 Å². The van der Waals surface area contributed by atoms with Gasteiger partial charge in [-0.2, -0.15) is 0 Å². The zero-order chi connectivity index (χ0) is 55.1. The first-order chi connectivity index (χ1) is 41.7. The van der Waals surface area contributed by atoms with E-state index in [1.165, 1.54) is 98.8 Å². The third-order valence-electron chi connectivity index (χ3n) is 19.1. The van der Waals surface area contributed by atoms with Gasteiger partial charge in [-0.25, -0.2) is 0 Å². The van der Waals surface area contributed by atoms with Gasteiger partial charge in [0.15, 0.2) is 0 Å². The van der Waals surface area contributed by atoms with Crippen LogP contribution < -0.4 is 9.64 Å². The van der Waals surface area contributed by atoms with Gasteiger partial charge >= 0.3 is 0 Å². The van der Waals surface area contributed by atoms with Crippen molar-refractivity contribution in [3.05, 3.63) is 376 Å². The molecule has 2 spiro atoms. The summed E-state index contributed by atoms with van der Waals surface area (Å²) in [5.74, 6) is 1.75. The lowest BCUT2D eigenvalue weighted by Gasteiger charge is -2.40. The average Bonchev–Trinajstić information content (AvgIpc) is 2.09. The number of benzene rings is 13. The largest absolute Gasteiger partial charge is 0.457 e. The van der Waals surface area contributed by atoms with E-state index in [-0.39, 0.29) is 0 Å². The van der Waals surface area contributed by atoms with Gasteiger partial charge in [0.1, 0.15) is 11.5 Å². The normalized spacial score (nSPS) is 14.8. The number of ether oxygens (including phenoxy) is 1. The van der Waals surface area contributed by atoms with Gasteiger partial charge in [0.25, 0.3) is 0 Å². The minimum absolute atomic E-state index is 0.563. The van der Waals surface area contributed by atoms with Crippen molar-refractivity contribution in [1.82, 2.24) is 0 Å². The highest BCUT2D eigenvalue weighted by molar-refractivity contribution is 7.99. The molecule has 0 radical (unpaired) electrons. The van der Waals surface area contributed by atoms with Crippen LogP contribution >= 0.6 is 11.8 Å². The molecule has 84 heavy (non-hydrogen) atoms. The highest BCUT2D eigenvalue weighted by Crippen LogP contribution is 2.66. The van der Waals surface area contributed by atoms with Gasteiger partial charge in [0, 0.05) is 37.9 Å². The lowest BCUT2D eigenvalue weighted by molar-refractivity contribution is 0.436. The fourth-order valence-corrected chi connectivity index (χ4v) is 17.1. The summed E-state index contributed by atoms with van der Waals surface area (Å²) in [6.45, 7) is 0. The fourth-order valence-electron chi connectivity index (χ4n) is 15.9. The molecule has 0 saturated heterocycles. The Balaban J connectivity index is 0.922. The van der Waals surface area contributed by atoms with Crippen molar-refractivity contribution in [3.63, 3.8) is 0 Å². The predicted molar refractivity (Wildman–Crippen MR) is 343 cm³/mol. The molecule has 3 aliphatic carbocycles. The molecule has 2 heterocycles. The average molecular weight is 1090 g/mol. The maximum absolute atomic E-state index is 6.86. The molecule has 3 heteroatoms. The number of para-hydroxylation sites is 3. The molecule has 0 saturated carbocycles. The lowest BCUT2D eigenvalue weighted by atomic mass is 9.66. The second-order valence-electron chi connectivity index (χ2n) is 22.9. The van der Waals surface area contributed by atoms with Gasteiger partial charge in [0.05, 0.1) is 21.9 Å². The first-order valence-corrected chi connectivity index (χ1v) is 30.0. The van der Waals surface area contributed by atoms with E-state index in [0.29, 0.717) is 0 Å². The minimum Gasteiger partial charge on any atom is -0.457 e. The van der Waals surface area contributed by atoms with E-state index in [1.807, 2.05) is 11.8 Å². The van der Waals surface area contributed by atoms with Crippen molar-refractivity contribution in [2.24, 2.45) is 0 Å². The van der Waals surface area contributed by atoms with Gasteiger partial charge in [-0.05, 0) is 155 Å². The smallest absolute Gasteiger partial charge is 0.132 e. The molecule has 0 fully saturated rings. The summed E-state index contributed by atoms with van der Waals surface area (Å²) in [6.07, 6.45) is 0. The van der Waals surface area contributed by atoms with Crippen LogP contribution in [0.25, 0.3) is 44.5 Å². The van der Waals surface area contributed by atoms with Crippen molar-refractivity contribution >= 4 is 28.8 Å². The van der Waals surface area contributed by atoms with E-state index >= 15 is 0 Å². The Hall–Kier alpha value is -10.2. The lowest BCUT2D eigenvalue weighted by Crippen LogP contribution is -2.32. The van der Waals surface area contributed by atoms with Crippen LogP contribution in [-0.2, 0) is 16.2 Å². The second kappa shape index (κ2) is 17.9. The van der Waals surface area contributed by atoms with Crippen molar-refractivity contribution < 1.29 is 4.74 Å². The molecule has 13 aromatic carbocycles. The Bertz CT molecular complexity index is 4560. The number of rotatable bonds is 6. The van der Waals surface area contributed by atoms with Crippen molar-refractivity contribution in [1.29, 1.82) is 0 Å². The Morgan fingerprint density at radius 1 is 0.250 bits per heavy atom. The van der Waals surface area contributed by atoms with Crippen molar-refractivity contribution in [3.8, 4) is 56.0 Å². The molecule has 392 valence electrons. The summed E-state index contributed by atoms with van der Waals surface area (Å²) in [7, 11) is 0. The van der Waals surface area contributed by atoms with E-state index in [1.54, 1.807) is 0 Å². The van der Waals surface area contributed by atoms with Gasteiger partial charge in [-0.1, -0.05) is 260 Å². The van der Waals surface area contributed by atoms with Crippen LogP contribution in [0.4, 0.5) is 17.1 Å². The van der Waals surface area contributed by atoms with Crippen LogP contribution in [0.1, 0.15) is 66.8 Å². The van der Waals surface area contributed by atoms with Crippen LogP contribution in [-0.4, -0.2) is 0 Å². The van der Waals surface area contributed by atoms with Crippen molar-refractivity contribution in [2.75, 3.05) is 4.90 Å². The van der Waals surface area contributed by atoms with Gasteiger partial charge in [0.2, 0.25) is 0 Å². The summed E-state index contributed by atoms with van der Waals surface area (Å²) < 4.78 is 6.86. The van der Waals surface area contributed by atoms with Gasteiger partial charge in [-0.3, -0.25) is 0 Å². The molecule has 2 aliphatic heterocycles. The summed E-state index contributed by atoms with van der Waals surface area (Å²) in [6, 6.07) is 116. The second-order valence-corrected chi connectivity index (χ2v) is 24.0. The molecule has 0 atom stereocenters. The van der Waals surface area contributed by atoms with E-state index in [9.17, 15) is 0 Å². The van der Waals surface area contributed by atoms with Crippen LogP contribution in [0.15, 0.2) is 319 Å². The third-order valence-corrected chi connectivity index (χ3v) is 20.2. The summed E-state index contributed by atoms with van der Waals surface area (Å²) in [5.41, 5.74) is 26.3. The Morgan fingerprint density at radius 3 is 1.12 bits per heavy atom. The topological polar surface area (TPSA) is 12.5 Å². The molecule has 0 aromatic heterocycles. The SMILES string of the molecule is c1ccc(C2(c3ccccc3)c3ccccc3-c3ccc(-c4ccccc4N(c4ccc5c(c4)C4(c6ccccc6Oc6ccccc64)c4ccccc4-5)c4ccc5c(c4)C4(c6ccccc6Sc6ccccc64)c4ccccc4-5)cc32)cc1. The van der Waals surface area contributed by atoms with E-state index < -0.39 is 16.2 Å². The molecule has 2 nitrogen and oxygen atoms in total. The molecular weight excluding hydrogens is 1030 g/mol. The first-order valence-electron chi connectivity index (χ1n) is 29.1. The summed E-state index contributed by atoms with van der Waals surface area (Å²) in [4.78, 5) is 5.14. The summed E-state index contributed by atoms with van der Waals surface area (Å²) >= 11 is 1.89. The summed E-state index contributed by atoms with van der Waals surface area (Å²) in [5, 5.41) is 0. The number of nitrogens with zero attached hydrogens (tertiary/aromatic N) is 1. The number of hydrogen-bond acceptors (Lipinski definition) is 3. The maximum atomic E-state index is 6.86. The molecule has 0 unspecified atom stereocenters. The monoisotopic (exact) mass is 1090 g/mol. The molecule has 0 amide bonds. The maximum Gasteiger partial charge on any atom is 0.132 e. The third kappa shape index (κ3) is 6.21. The highest BCUT2D eigenvalue weighted by atomic mass is 32.2. The van der Waals surface area contributed by atoms with Crippen LogP contribution in [0.3, 0.4) is 0 Å². The number of anilines is 3. The van der Waals surface area contributed by atoms with Crippen LogP contribution in [0.5, 0.6) is 11.5 Å². The first kappa shape index (κ1) is 47.4. The number of fused-ring (bicyclic) bond motifs is 21. The minimum atomic E-state index is -0.664. The number of hydrogen-bond donors (Lipinski definition) is 0. The predicted octanol–water partition coefficient (Wildman–Crippen LogP) is 20.5. The van der Waals surface area contributed by atoms with E-state index in [2.05, 4.69) is 314 Å². The van der Waals surface area contributed by atoms with Crippen LogP contribution in [0.2, 0.25) is 0 Å². The van der Waals surface area contributed by atoms with Gasteiger partial charge < -0.3 is 9.64 Å². The molecule has 0 bridgehead atoms. The quantitative estimate of drug-likeness (QED) is 0.165. The standard InChI is InChI=1S/C81H51NOS/c1-3-23-53(24-4-1)79(54-25-5-2-6-26-54)64-31-11-7-28-58(64)61-46-43-52(49-71(61)79)57-27-10-18-38-74(57)82(55-44-47-62-59-29-8-12-32-65(59)80(72(62)50-55)67-34-14-19-39-75(67)83-76-40-20-15-35-68(76)80)56-45-48-63-60-30-9-13-33-66(60)81(73(63)51-56)69-36-16-21-41-77(69)84-78-42-22-17-37-70(78)81/h1-51H. The zero-order valence-electron chi connectivity index (χ0n) is 45.7. The zero-order valence-corrected chi connectivity index (χ0v) is 46.5. The van der Waals surface area contributed by atoms with E-state index in [4.69, 9.17) is 4.74 Å².